The average Bonchev–Trinajstić information content (AvgIpc) is 3.31. The largest absolute Gasteiger partial charge is 0.403 e. The van der Waals surface area contributed by atoms with Crippen molar-refractivity contribution in [1.82, 2.24) is 10.2 Å². The molecular weight excluding hydrogens is 442 g/mol. The minimum Gasteiger partial charge on any atom is -0.403 e. The van der Waals surface area contributed by atoms with Crippen molar-refractivity contribution < 1.29 is 13.9 Å². The minimum absolute atomic E-state index is 0.0744. The number of fused-ring (bicyclic) bond motifs is 1. The summed E-state index contributed by atoms with van der Waals surface area (Å²) in [4.78, 5) is 17.9. The molecular formula is C27H25N5O3. The maximum Gasteiger partial charge on any atom is 0.317 e. The number of ether oxygens (including phenoxy) is 1. The fourth-order valence-electron chi connectivity index (χ4n) is 3.94. The molecule has 2 heterocycles. The van der Waals surface area contributed by atoms with Crippen LogP contribution >= 0.6 is 0 Å². The number of aromatic nitrogens is 2. The number of nitrogens with zero attached hydrogens (tertiary/aromatic N) is 3. The fraction of sp³-hybridized carbons (Fsp3) is 0.185. The number of benzene rings is 3. The summed E-state index contributed by atoms with van der Waals surface area (Å²) in [7, 11) is 1.67. The molecule has 4 aromatic rings. The predicted octanol–water partition coefficient (Wildman–Crippen LogP) is 4.20. The molecule has 0 saturated carbocycles. The second kappa shape index (κ2) is 10.3. The summed E-state index contributed by atoms with van der Waals surface area (Å²) >= 11 is 0. The summed E-state index contributed by atoms with van der Waals surface area (Å²) in [6.45, 7) is 1.34. The van der Waals surface area contributed by atoms with Crippen molar-refractivity contribution in [3.05, 3.63) is 95.6 Å². The first-order valence-electron chi connectivity index (χ1n) is 11.4. The number of methoxy groups -OCH3 is 1. The maximum absolute atomic E-state index is 13.1. The van der Waals surface area contributed by atoms with Gasteiger partial charge >= 0.3 is 6.01 Å². The summed E-state index contributed by atoms with van der Waals surface area (Å²) in [6.07, 6.45) is -0.593. The zero-order valence-corrected chi connectivity index (χ0v) is 19.3. The Morgan fingerprint density at radius 1 is 0.943 bits per heavy atom. The fourth-order valence-corrected chi connectivity index (χ4v) is 3.94. The summed E-state index contributed by atoms with van der Waals surface area (Å²) in [6, 6.07) is 25.5. The van der Waals surface area contributed by atoms with Gasteiger partial charge in [0.25, 0.3) is 0 Å². The zero-order valence-electron chi connectivity index (χ0n) is 19.3. The SMILES string of the molecule is COCCNc1ccc(-c2nnc(NC3N=C(c4ccccc4)c4ccccc4CC3=O)o2)cc1. The van der Waals surface area contributed by atoms with Gasteiger partial charge in [0, 0.05) is 42.5 Å². The van der Waals surface area contributed by atoms with Gasteiger partial charge in [0.1, 0.15) is 0 Å². The second-order valence-corrected chi connectivity index (χ2v) is 8.10. The molecule has 8 nitrogen and oxygen atoms in total. The minimum atomic E-state index is -0.849. The number of Topliss-reactive ketones (excluding diaryl/α,β-unsaturated/α-hetero) is 1. The molecule has 1 aliphatic rings. The van der Waals surface area contributed by atoms with Crippen LogP contribution in [0.1, 0.15) is 16.7 Å². The highest BCUT2D eigenvalue weighted by Crippen LogP contribution is 2.25. The van der Waals surface area contributed by atoms with Crippen LogP contribution in [-0.2, 0) is 16.0 Å². The van der Waals surface area contributed by atoms with Crippen LogP contribution in [0, 0.1) is 0 Å². The highest BCUT2D eigenvalue weighted by atomic mass is 16.5. The number of hydrogen-bond donors (Lipinski definition) is 2. The Bertz CT molecular complexity index is 1330. The molecule has 1 atom stereocenters. The molecule has 0 radical (unpaired) electrons. The van der Waals surface area contributed by atoms with Gasteiger partial charge in [0.15, 0.2) is 11.9 Å². The number of ketones is 1. The molecule has 5 rings (SSSR count). The Morgan fingerprint density at radius 2 is 1.71 bits per heavy atom. The number of hydrogen-bond acceptors (Lipinski definition) is 8. The molecule has 0 bridgehead atoms. The van der Waals surface area contributed by atoms with Gasteiger partial charge in [-0.15, -0.1) is 5.10 Å². The van der Waals surface area contributed by atoms with E-state index in [1.807, 2.05) is 78.9 Å². The quantitative estimate of drug-likeness (QED) is 0.375. The lowest BCUT2D eigenvalue weighted by Gasteiger charge is -2.11. The summed E-state index contributed by atoms with van der Waals surface area (Å²) < 4.78 is 10.9. The Kier molecular flexibility index (Phi) is 6.63. The molecule has 0 saturated heterocycles. The van der Waals surface area contributed by atoms with Crippen LogP contribution in [0.15, 0.2) is 88.3 Å². The summed E-state index contributed by atoms with van der Waals surface area (Å²) in [5, 5.41) is 14.5. The molecule has 176 valence electrons. The van der Waals surface area contributed by atoms with Crippen molar-refractivity contribution in [3.63, 3.8) is 0 Å². The van der Waals surface area contributed by atoms with Gasteiger partial charge in [-0.25, -0.2) is 0 Å². The third-order valence-corrected chi connectivity index (χ3v) is 5.70. The topological polar surface area (TPSA) is 102 Å². The first-order valence-corrected chi connectivity index (χ1v) is 11.4. The number of nitrogens with one attached hydrogen (secondary N) is 2. The van der Waals surface area contributed by atoms with Crippen LogP contribution in [-0.4, -0.2) is 48.1 Å². The molecule has 35 heavy (non-hydrogen) atoms. The van der Waals surface area contributed by atoms with Gasteiger partial charge in [-0.3, -0.25) is 9.79 Å². The third kappa shape index (κ3) is 5.12. The van der Waals surface area contributed by atoms with Crippen LogP contribution in [0.2, 0.25) is 0 Å². The molecule has 0 fully saturated rings. The van der Waals surface area contributed by atoms with E-state index in [9.17, 15) is 4.79 Å². The first kappa shape index (κ1) is 22.5. The van der Waals surface area contributed by atoms with E-state index in [0.29, 0.717) is 12.5 Å². The van der Waals surface area contributed by atoms with Crippen molar-refractivity contribution in [3.8, 4) is 11.5 Å². The molecule has 1 unspecified atom stereocenters. The molecule has 0 spiro atoms. The predicted molar refractivity (Wildman–Crippen MR) is 135 cm³/mol. The van der Waals surface area contributed by atoms with Gasteiger partial charge in [0.05, 0.1) is 12.3 Å². The molecule has 2 N–H and O–H groups in total. The van der Waals surface area contributed by atoms with E-state index in [2.05, 4.69) is 20.8 Å². The van der Waals surface area contributed by atoms with E-state index in [1.165, 1.54) is 0 Å². The van der Waals surface area contributed by atoms with Crippen molar-refractivity contribution in [2.45, 2.75) is 12.6 Å². The standard InChI is InChI=1S/C27H25N5O3/c1-34-16-15-28-21-13-11-19(12-14-21)26-31-32-27(35-26)30-25-23(33)17-20-9-5-6-10-22(20)24(29-25)18-7-3-2-4-8-18/h2-14,25,28H,15-17H2,1H3,(H,30,32). The Balaban J connectivity index is 1.38. The zero-order chi connectivity index (χ0) is 24.0. The monoisotopic (exact) mass is 467 g/mol. The second-order valence-electron chi connectivity index (χ2n) is 8.10. The molecule has 8 heteroatoms. The summed E-state index contributed by atoms with van der Waals surface area (Å²) in [5.41, 5.74) is 5.32. The van der Waals surface area contributed by atoms with E-state index in [-0.39, 0.29) is 18.2 Å². The van der Waals surface area contributed by atoms with Crippen molar-refractivity contribution in [2.75, 3.05) is 30.9 Å². The Morgan fingerprint density at radius 3 is 2.51 bits per heavy atom. The van der Waals surface area contributed by atoms with Crippen LogP contribution in [0.4, 0.5) is 11.7 Å². The lowest BCUT2D eigenvalue weighted by molar-refractivity contribution is -0.119. The number of carbonyl (C=O) groups is 1. The van der Waals surface area contributed by atoms with E-state index < -0.39 is 6.17 Å². The van der Waals surface area contributed by atoms with Crippen molar-refractivity contribution >= 4 is 23.2 Å². The van der Waals surface area contributed by atoms with E-state index in [1.54, 1.807) is 7.11 Å². The lowest BCUT2D eigenvalue weighted by atomic mass is 9.96. The van der Waals surface area contributed by atoms with E-state index in [4.69, 9.17) is 14.1 Å². The number of rotatable bonds is 8. The lowest BCUT2D eigenvalue weighted by Crippen LogP contribution is -2.29. The molecule has 3 aromatic carbocycles. The highest BCUT2D eigenvalue weighted by molar-refractivity contribution is 6.16. The Hall–Kier alpha value is -4.30. The van der Waals surface area contributed by atoms with Crippen LogP contribution in [0.5, 0.6) is 0 Å². The third-order valence-electron chi connectivity index (χ3n) is 5.70. The number of anilines is 2. The van der Waals surface area contributed by atoms with Gasteiger partial charge < -0.3 is 19.8 Å². The average molecular weight is 468 g/mol. The van der Waals surface area contributed by atoms with E-state index >= 15 is 0 Å². The highest BCUT2D eigenvalue weighted by Gasteiger charge is 2.27. The first-order chi connectivity index (χ1) is 17.2. The Labute approximate surface area is 203 Å². The van der Waals surface area contributed by atoms with Crippen LogP contribution in [0.3, 0.4) is 0 Å². The van der Waals surface area contributed by atoms with Crippen LogP contribution < -0.4 is 10.6 Å². The number of carbonyl (C=O) groups excluding carboxylic acids is 1. The molecule has 1 aromatic heterocycles. The van der Waals surface area contributed by atoms with Gasteiger partial charge in [-0.05, 0) is 29.8 Å². The number of aliphatic imine (C=N–C) groups is 1. The smallest absolute Gasteiger partial charge is 0.317 e. The molecule has 1 aliphatic heterocycles. The van der Waals surface area contributed by atoms with Crippen molar-refractivity contribution in [2.24, 2.45) is 4.99 Å². The van der Waals surface area contributed by atoms with Gasteiger partial charge in [-0.2, -0.15) is 0 Å². The normalized spacial score (nSPS) is 15.2. The summed E-state index contributed by atoms with van der Waals surface area (Å²) in [5.74, 6) is 0.280. The maximum atomic E-state index is 13.1. The van der Waals surface area contributed by atoms with Crippen molar-refractivity contribution in [1.29, 1.82) is 0 Å². The van der Waals surface area contributed by atoms with Gasteiger partial charge in [0.2, 0.25) is 5.89 Å². The molecule has 0 aliphatic carbocycles. The van der Waals surface area contributed by atoms with E-state index in [0.717, 1.165) is 40.2 Å². The van der Waals surface area contributed by atoms with Gasteiger partial charge in [-0.1, -0.05) is 59.7 Å². The molecule has 0 amide bonds. The van der Waals surface area contributed by atoms with Crippen LogP contribution in [0.25, 0.3) is 11.5 Å².